The topological polar surface area (TPSA) is 58.9 Å². The van der Waals surface area contributed by atoms with Crippen LogP contribution < -0.4 is 11.3 Å². The zero-order valence-corrected chi connectivity index (χ0v) is 8.35. The van der Waals surface area contributed by atoms with Crippen molar-refractivity contribution in [2.45, 2.75) is 33.2 Å². The second kappa shape index (κ2) is 3.75. The standard InChI is InChI=1S/C10H16N2O/c1-6(2)9-7(3)4-8(5-11)10(13)12-9/h4,6H,5,11H2,1-3H3,(H,12,13). The largest absolute Gasteiger partial charge is 0.326 e. The fourth-order valence-electron chi connectivity index (χ4n) is 1.46. The Morgan fingerprint density at radius 1 is 1.54 bits per heavy atom. The van der Waals surface area contributed by atoms with Crippen molar-refractivity contribution >= 4 is 0 Å². The summed E-state index contributed by atoms with van der Waals surface area (Å²) in [6.07, 6.45) is 0. The predicted molar refractivity (Wildman–Crippen MR) is 53.8 cm³/mol. The number of hydrogen-bond acceptors (Lipinski definition) is 2. The van der Waals surface area contributed by atoms with Crippen molar-refractivity contribution < 1.29 is 0 Å². The molecule has 0 aliphatic rings. The predicted octanol–water partition coefficient (Wildman–Crippen LogP) is 1.27. The van der Waals surface area contributed by atoms with Crippen molar-refractivity contribution in [1.29, 1.82) is 0 Å². The molecule has 0 amide bonds. The Balaban J connectivity index is 3.29. The van der Waals surface area contributed by atoms with Gasteiger partial charge in [-0.15, -0.1) is 0 Å². The number of hydrogen-bond donors (Lipinski definition) is 2. The minimum Gasteiger partial charge on any atom is -0.326 e. The number of aryl methyl sites for hydroxylation is 1. The van der Waals surface area contributed by atoms with Crippen LogP contribution in [-0.2, 0) is 6.54 Å². The zero-order chi connectivity index (χ0) is 10.0. The van der Waals surface area contributed by atoms with Gasteiger partial charge in [-0.25, -0.2) is 0 Å². The molecule has 1 heterocycles. The molecule has 1 aromatic heterocycles. The summed E-state index contributed by atoms with van der Waals surface area (Å²) in [6.45, 7) is 6.40. The van der Waals surface area contributed by atoms with Gasteiger partial charge in [0.15, 0.2) is 0 Å². The molecule has 3 N–H and O–H groups in total. The maximum atomic E-state index is 11.4. The van der Waals surface area contributed by atoms with Crippen molar-refractivity contribution in [3.63, 3.8) is 0 Å². The monoisotopic (exact) mass is 180 g/mol. The number of rotatable bonds is 2. The molecule has 3 heteroatoms. The first kappa shape index (κ1) is 9.99. The Hall–Kier alpha value is -1.09. The molecule has 0 aromatic carbocycles. The average Bonchev–Trinajstić information content (AvgIpc) is 2.07. The summed E-state index contributed by atoms with van der Waals surface area (Å²) in [4.78, 5) is 14.3. The third-order valence-corrected chi connectivity index (χ3v) is 2.15. The minimum absolute atomic E-state index is 0.0585. The van der Waals surface area contributed by atoms with Gasteiger partial charge in [0, 0.05) is 17.8 Å². The van der Waals surface area contributed by atoms with Crippen molar-refractivity contribution in [2.24, 2.45) is 5.73 Å². The van der Waals surface area contributed by atoms with Crippen molar-refractivity contribution in [2.75, 3.05) is 0 Å². The normalized spacial score (nSPS) is 10.8. The number of H-pyrrole nitrogens is 1. The first-order valence-corrected chi connectivity index (χ1v) is 4.49. The number of nitrogens with one attached hydrogen (secondary N) is 1. The molecule has 1 aromatic rings. The average molecular weight is 180 g/mol. The Kier molecular flexibility index (Phi) is 2.88. The Morgan fingerprint density at radius 2 is 2.15 bits per heavy atom. The molecule has 0 aliphatic carbocycles. The highest BCUT2D eigenvalue weighted by molar-refractivity contribution is 5.25. The molecule has 0 saturated carbocycles. The van der Waals surface area contributed by atoms with Gasteiger partial charge in [-0.2, -0.15) is 0 Å². The summed E-state index contributed by atoms with van der Waals surface area (Å²) in [5.41, 5.74) is 8.13. The van der Waals surface area contributed by atoms with E-state index in [-0.39, 0.29) is 5.56 Å². The summed E-state index contributed by atoms with van der Waals surface area (Å²) >= 11 is 0. The number of pyridine rings is 1. The molecule has 3 nitrogen and oxygen atoms in total. The quantitative estimate of drug-likeness (QED) is 0.720. The number of aromatic amines is 1. The van der Waals surface area contributed by atoms with E-state index in [0.29, 0.717) is 18.0 Å². The second-order valence-corrected chi connectivity index (χ2v) is 3.58. The molecule has 0 aliphatic heterocycles. The van der Waals surface area contributed by atoms with Gasteiger partial charge < -0.3 is 10.7 Å². The van der Waals surface area contributed by atoms with E-state index in [9.17, 15) is 4.79 Å². The van der Waals surface area contributed by atoms with Crippen LogP contribution in [0.25, 0.3) is 0 Å². The third-order valence-electron chi connectivity index (χ3n) is 2.15. The Labute approximate surface area is 78.0 Å². The molecule has 0 radical (unpaired) electrons. The van der Waals surface area contributed by atoms with Crippen molar-refractivity contribution in [3.05, 3.63) is 33.2 Å². The van der Waals surface area contributed by atoms with E-state index in [2.05, 4.69) is 18.8 Å². The van der Waals surface area contributed by atoms with Gasteiger partial charge in [0.1, 0.15) is 0 Å². The molecular formula is C10H16N2O. The SMILES string of the molecule is Cc1cc(CN)c(=O)[nH]c1C(C)C. The lowest BCUT2D eigenvalue weighted by Crippen LogP contribution is -2.19. The van der Waals surface area contributed by atoms with Gasteiger partial charge in [-0.1, -0.05) is 13.8 Å². The van der Waals surface area contributed by atoms with E-state index >= 15 is 0 Å². The van der Waals surface area contributed by atoms with Gasteiger partial charge in [0.25, 0.3) is 5.56 Å². The molecule has 72 valence electrons. The maximum Gasteiger partial charge on any atom is 0.252 e. The number of nitrogens with two attached hydrogens (primary N) is 1. The van der Waals surface area contributed by atoms with Crippen LogP contribution >= 0.6 is 0 Å². The smallest absolute Gasteiger partial charge is 0.252 e. The third kappa shape index (κ3) is 1.98. The van der Waals surface area contributed by atoms with E-state index in [4.69, 9.17) is 5.73 Å². The lowest BCUT2D eigenvalue weighted by Gasteiger charge is -2.09. The Bertz CT molecular complexity index is 352. The van der Waals surface area contributed by atoms with E-state index < -0.39 is 0 Å². The fourth-order valence-corrected chi connectivity index (χ4v) is 1.46. The van der Waals surface area contributed by atoms with Crippen molar-refractivity contribution in [1.82, 2.24) is 4.98 Å². The summed E-state index contributed by atoms with van der Waals surface area (Å²) < 4.78 is 0. The maximum absolute atomic E-state index is 11.4. The van der Waals surface area contributed by atoms with Crippen LogP contribution in [0.3, 0.4) is 0 Å². The van der Waals surface area contributed by atoms with E-state index in [1.54, 1.807) is 0 Å². The summed E-state index contributed by atoms with van der Waals surface area (Å²) in [5, 5.41) is 0. The number of aromatic nitrogens is 1. The molecule has 0 spiro atoms. The highest BCUT2D eigenvalue weighted by Gasteiger charge is 2.06. The summed E-state index contributed by atoms with van der Waals surface area (Å²) in [7, 11) is 0. The van der Waals surface area contributed by atoms with Crippen LogP contribution in [0.15, 0.2) is 10.9 Å². The van der Waals surface area contributed by atoms with E-state index in [1.807, 2.05) is 13.0 Å². The molecule has 0 unspecified atom stereocenters. The van der Waals surface area contributed by atoms with Crippen LogP contribution in [0.5, 0.6) is 0 Å². The molecule has 0 atom stereocenters. The highest BCUT2D eigenvalue weighted by atomic mass is 16.1. The van der Waals surface area contributed by atoms with E-state index in [0.717, 1.165) is 11.3 Å². The lowest BCUT2D eigenvalue weighted by molar-refractivity contribution is 0.796. The molecule has 13 heavy (non-hydrogen) atoms. The van der Waals surface area contributed by atoms with Crippen LogP contribution in [0, 0.1) is 6.92 Å². The molecule has 0 saturated heterocycles. The summed E-state index contributed by atoms with van der Waals surface area (Å²) in [6, 6.07) is 1.87. The van der Waals surface area contributed by atoms with Gasteiger partial charge >= 0.3 is 0 Å². The second-order valence-electron chi connectivity index (χ2n) is 3.58. The van der Waals surface area contributed by atoms with E-state index in [1.165, 1.54) is 0 Å². The molecule has 0 fully saturated rings. The van der Waals surface area contributed by atoms with Gasteiger partial charge in [-0.05, 0) is 24.5 Å². The first-order valence-electron chi connectivity index (χ1n) is 4.49. The zero-order valence-electron chi connectivity index (χ0n) is 8.35. The van der Waals surface area contributed by atoms with Crippen LogP contribution in [-0.4, -0.2) is 4.98 Å². The fraction of sp³-hybridized carbons (Fsp3) is 0.500. The van der Waals surface area contributed by atoms with Crippen molar-refractivity contribution in [3.8, 4) is 0 Å². The van der Waals surface area contributed by atoms with Crippen LogP contribution in [0.2, 0.25) is 0 Å². The molecule has 1 rings (SSSR count). The van der Waals surface area contributed by atoms with Gasteiger partial charge in [0.2, 0.25) is 0 Å². The summed E-state index contributed by atoms with van der Waals surface area (Å²) in [5.74, 6) is 0.347. The first-order chi connectivity index (χ1) is 6.06. The highest BCUT2D eigenvalue weighted by Crippen LogP contribution is 2.14. The van der Waals surface area contributed by atoms with Crippen LogP contribution in [0.1, 0.15) is 36.6 Å². The Morgan fingerprint density at radius 3 is 2.62 bits per heavy atom. The molecule has 0 bridgehead atoms. The van der Waals surface area contributed by atoms with Gasteiger partial charge in [-0.3, -0.25) is 4.79 Å². The molecular weight excluding hydrogens is 164 g/mol. The minimum atomic E-state index is -0.0585. The van der Waals surface area contributed by atoms with Gasteiger partial charge in [0.05, 0.1) is 0 Å². The van der Waals surface area contributed by atoms with Crippen LogP contribution in [0.4, 0.5) is 0 Å². The lowest BCUT2D eigenvalue weighted by atomic mass is 10.0.